The van der Waals surface area contributed by atoms with Crippen molar-refractivity contribution < 1.29 is 9.50 Å². The highest BCUT2D eigenvalue weighted by Gasteiger charge is 2.32. The average molecular weight is 272 g/mol. The third-order valence-electron chi connectivity index (χ3n) is 3.77. The highest BCUT2D eigenvalue weighted by atomic mass is 19.1. The lowest BCUT2D eigenvalue weighted by Gasteiger charge is -2.29. The highest BCUT2D eigenvalue weighted by Crippen LogP contribution is 2.34. The van der Waals surface area contributed by atoms with Crippen molar-refractivity contribution in [3.63, 3.8) is 0 Å². The normalized spacial score (nSPS) is 14.0. The predicted octanol–water partition coefficient (Wildman–Crippen LogP) is 4.42. The maximum atomic E-state index is 14.0. The van der Waals surface area contributed by atoms with Crippen molar-refractivity contribution in [1.82, 2.24) is 0 Å². The molecule has 0 spiro atoms. The van der Waals surface area contributed by atoms with E-state index in [0.717, 1.165) is 18.4 Å². The first-order chi connectivity index (χ1) is 9.61. The molecule has 1 atom stereocenters. The SMILES string of the molecule is CCCc1cccc(C(O)(CC)c2ccccc2F)c1. The molecule has 0 bridgehead atoms. The van der Waals surface area contributed by atoms with Crippen LogP contribution >= 0.6 is 0 Å². The summed E-state index contributed by atoms with van der Waals surface area (Å²) in [5, 5.41) is 11.0. The molecular formula is C18H21FO. The predicted molar refractivity (Wildman–Crippen MR) is 80.1 cm³/mol. The van der Waals surface area contributed by atoms with E-state index in [4.69, 9.17) is 0 Å². The lowest BCUT2D eigenvalue weighted by molar-refractivity contribution is 0.0725. The van der Waals surface area contributed by atoms with Gasteiger partial charge in [0.15, 0.2) is 0 Å². The fourth-order valence-corrected chi connectivity index (χ4v) is 2.62. The van der Waals surface area contributed by atoms with Crippen LogP contribution in [0.25, 0.3) is 0 Å². The second kappa shape index (κ2) is 6.19. The minimum Gasteiger partial charge on any atom is -0.380 e. The standard InChI is InChI=1S/C18H21FO/c1-3-8-14-9-7-10-15(13-14)18(20,4-2)16-11-5-6-12-17(16)19/h5-7,9-13,20H,3-4,8H2,1-2H3. The van der Waals surface area contributed by atoms with E-state index in [1.807, 2.05) is 31.2 Å². The molecule has 2 aromatic carbocycles. The summed E-state index contributed by atoms with van der Waals surface area (Å²) in [6.45, 7) is 3.99. The van der Waals surface area contributed by atoms with E-state index in [1.165, 1.54) is 11.6 Å². The Labute approximate surface area is 120 Å². The van der Waals surface area contributed by atoms with Gasteiger partial charge in [0, 0.05) is 5.56 Å². The Hall–Kier alpha value is -1.67. The Morgan fingerprint density at radius 1 is 1.05 bits per heavy atom. The quantitative estimate of drug-likeness (QED) is 0.854. The van der Waals surface area contributed by atoms with Gasteiger partial charge >= 0.3 is 0 Å². The van der Waals surface area contributed by atoms with Crippen molar-refractivity contribution in [2.75, 3.05) is 0 Å². The van der Waals surface area contributed by atoms with Crippen molar-refractivity contribution in [3.05, 3.63) is 71.0 Å². The van der Waals surface area contributed by atoms with Crippen LogP contribution in [0.2, 0.25) is 0 Å². The lowest BCUT2D eigenvalue weighted by atomic mass is 9.83. The summed E-state index contributed by atoms with van der Waals surface area (Å²) in [4.78, 5) is 0. The minimum absolute atomic E-state index is 0.344. The van der Waals surface area contributed by atoms with Gasteiger partial charge in [-0.1, -0.05) is 62.7 Å². The second-order valence-electron chi connectivity index (χ2n) is 5.14. The molecule has 1 unspecified atom stereocenters. The molecule has 1 N–H and O–H groups in total. The summed E-state index contributed by atoms with van der Waals surface area (Å²) in [6.07, 6.45) is 2.45. The minimum atomic E-state index is -1.27. The van der Waals surface area contributed by atoms with Gasteiger partial charge in [-0.25, -0.2) is 4.39 Å². The maximum absolute atomic E-state index is 14.0. The first kappa shape index (κ1) is 14.7. The highest BCUT2D eigenvalue weighted by molar-refractivity contribution is 5.38. The van der Waals surface area contributed by atoms with E-state index in [9.17, 15) is 9.50 Å². The Morgan fingerprint density at radius 2 is 1.80 bits per heavy atom. The molecule has 0 heterocycles. The molecule has 2 rings (SSSR count). The molecule has 0 amide bonds. The van der Waals surface area contributed by atoms with E-state index < -0.39 is 5.60 Å². The van der Waals surface area contributed by atoms with Crippen LogP contribution in [0, 0.1) is 5.82 Å². The number of benzene rings is 2. The van der Waals surface area contributed by atoms with Crippen molar-refractivity contribution in [1.29, 1.82) is 0 Å². The third-order valence-corrected chi connectivity index (χ3v) is 3.77. The lowest BCUT2D eigenvalue weighted by Crippen LogP contribution is -2.27. The monoisotopic (exact) mass is 272 g/mol. The van der Waals surface area contributed by atoms with Crippen LogP contribution in [0.5, 0.6) is 0 Å². The van der Waals surface area contributed by atoms with E-state index in [-0.39, 0.29) is 5.82 Å². The van der Waals surface area contributed by atoms with Crippen LogP contribution in [0.15, 0.2) is 48.5 Å². The molecule has 0 aromatic heterocycles. The smallest absolute Gasteiger partial charge is 0.129 e. The van der Waals surface area contributed by atoms with Crippen molar-refractivity contribution in [3.8, 4) is 0 Å². The zero-order valence-electron chi connectivity index (χ0n) is 12.1. The van der Waals surface area contributed by atoms with E-state index in [2.05, 4.69) is 6.92 Å². The maximum Gasteiger partial charge on any atom is 0.129 e. The molecule has 0 aliphatic heterocycles. The number of rotatable bonds is 5. The van der Waals surface area contributed by atoms with Gasteiger partial charge in [0.1, 0.15) is 11.4 Å². The largest absolute Gasteiger partial charge is 0.380 e. The summed E-state index contributed by atoms with van der Waals surface area (Å²) in [7, 11) is 0. The molecule has 0 aliphatic rings. The van der Waals surface area contributed by atoms with Gasteiger partial charge in [-0.15, -0.1) is 0 Å². The number of halogens is 1. The first-order valence-electron chi connectivity index (χ1n) is 7.18. The number of aliphatic hydroxyl groups is 1. The Balaban J connectivity index is 2.50. The summed E-state index contributed by atoms with van der Waals surface area (Å²) in [6, 6.07) is 14.3. The molecule has 0 fully saturated rings. The summed E-state index contributed by atoms with van der Waals surface area (Å²) in [5.41, 5.74) is 1.01. The van der Waals surface area contributed by atoms with Crippen LogP contribution in [-0.2, 0) is 12.0 Å². The zero-order chi connectivity index (χ0) is 14.6. The Morgan fingerprint density at radius 3 is 2.45 bits per heavy atom. The molecule has 2 heteroatoms. The average Bonchev–Trinajstić information content (AvgIpc) is 2.47. The van der Waals surface area contributed by atoms with Gasteiger partial charge in [-0.2, -0.15) is 0 Å². The molecule has 20 heavy (non-hydrogen) atoms. The van der Waals surface area contributed by atoms with E-state index in [0.29, 0.717) is 12.0 Å². The molecule has 0 saturated heterocycles. The molecule has 0 aliphatic carbocycles. The molecule has 2 aromatic rings. The number of hydrogen-bond donors (Lipinski definition) is 1. The van der Waals surface area contributed by atoms with Gasteiger partial charge in [-0.3, -0.25) is 0 Å². The van der Waals surface area contributed by atoms with Crippen molar-refractivity contribution in [2.24, 2.45) is 0 Å². The van der Waals surface area contributed by atoms with Gasteiger partial charge in [-0.05, 0) is 30.0 Å². The third kappa shape index (κ3) is 2.75. The van der Waals surface area contributed by atoms with Crippen molar-refractivity contribution >= 4 is 0 Å². The van der Waals surface area contributed by atoms with Crippen LogP contribution in [0.4, 0.5) is 4.39 Å². The molecular weight excluding hydrogens is 251 g/mol. The van der Waals surface area contributed by atoms with Crippen LogP contribution in [-0.4, -0.2) is 5.11 Å². The van der Waals surface area contributed by atoms with Crippen LogP contribution < -0.4 is 0 Å². The summed E-state index contributed by atoms with van der Waals surface area (Å²) >= 11 is 0. The van der Waals surface area contributed by atoms with E-state index >= 15 is 0 Å². The summed E-state index contributed by atoms with van der Waals surface area (Å²) < 4.78 is 14.0. The Bertz CT molecular complexity index is 579. The van der Waals surface area contributed by atoms with Gasteiger partial charge in [0.2, 0.25) is 0 Å². The van der Waals surface area contributed by atoms with Gasteiger partial charge in [0.05, 0.1) is 0 Å². The molecule has 106 valence electrons. The number of hydrogen-bond acceptors (Lipinski definition) is 1. The van der Waals surface area contributed by atoms with Gasteiger partial charge in [0.25, 0.3) is 0 Å². The topological polar surface area (TPSA) is 20.2 Å². The zero-order valence-corrected chi connectivity index (χ0v) is 12.1. The fourth-order valence-electron chi connectivity index (χ4n) is 2.62. The van der Waals surface area contributed by atoms with Gasteiger partial charge < -0.3 is 5.11 Å². The summed E-state index contributed by atoms with van der Waals surface area (Å²) in [5.74, 6) is -0.363. The van der Waals surface area contributed by atoms with E-state index in [1.54, 1.807) is 18.2 Å². The van der Waals surface area contributed by atoms with Crippen molar-refractivity contribution in [2.45, 2.75) is 38.7 Å². The van der Waals surface area contributed by atoms with Crippen LogP contribution in [0.3, 0.4) is 0 Å². The van der Waals surface area contributed by atoms with Crippen LogP contribution in [0.1, 0.15) is 43.4 Å². The second-order valence-corrected chi connectivity index (χ2v) is 5.14. The first-order valence-corrected chi connectivity index (χ1v) is 7.18. The Kier molecular flexibility index (Phi) is 4.56. The molecule has 1 nitrogen and oxygen atoms in total. The fraction of sp³-hybridized carbons (Fsp3) is 0.333. The molecule has 0 saturated carbocycles. The molecule has 0 radical (unpaired) electrons. The number of aryl methyl sites for hydroxylation is 1.